The predicted octanol–water partition coefficient (Wildman–Crippen LogP) is 0.668. The summed E-state index contributed by atoms with van der Waals surface area (Å²) >= 11 is 0. The van der Waals surface area contributed by atoms with Gasteiger partial charge in [-0.25, -0.2) is 0 Å². The molecular weight excluding hydrogens is 186 g/mol. The standard InChI is InChI=1S/C12H25N3/c1-13-12(8-14-11-5-6-11)10-4-3-7-15(2)9-10/h10-14H,3-9H2,1-2H3. The van der Waals surface area contributed by atoms with Crippen LogP contribution in [0.25, 0.3) is 0 Å². The fourth-order valence-electron chi connectivity index (χ4n) is 2.62. The zero-order chi connectivity index (χ0) is 10.7. The van der Waals surface area contributed by atoms with E-state index in [0.717, 1.165) is 18.5 Å². The Bertz CT molecular complexity index is 191. The third-order valence-corrected chi connectivity index (χ3v) is 3.80. The van der Waals surface area contributed by atoms with Crippen LogP contribution in [0.3, 0.4) is 0 Å². The second-order valence-corrected chi connectivity index (χ2v) is 5.24. The zero-order valence-electron chi connectivity index (χ0n) is 10.1. The van der Waals surface area contributed by atoms with Crippen LogP contribution in [0.5, 0.6) is 0 Å². The number of rotatable bonds is 5. The highest BCUT2D eigenvalue weighted by Crippen LogP contribution is 2.21. The minimum atomic E-state index is 0.661. The number of nitrogens with one attached hydrogen (secondary N) is 2. The van der Waals surface area contributed by atoms with Gasteiger partial charge in [-0.2, -0.15) is 0 Å². The summed E-state index contributed by atoms with van der Waals surface area (Å²) in [6.45, 7) is 3.69. The number of likely N-dealkylation sites (tertiary alicyclic amines) is 1. The van der Waals surface area contributed by atoms with Crippen molar-refractivity contribution in [2.24, 2.45) is 5.92 Å². The molecule has 2 aliphatic rings. The Hall–Kier alpha value is -0.120. The quantitative estimate of drug-likeness (QED) is 0.700. The maximum Gasteiger partial charge on any atom is 0.0230 e. The van der Waals surface area contributed by atoms with Crippen LogP contribution < -0.4 is 10.6 Å². The number of likely N-dealkylation sites (N-methyl/N-ethyl adjacent to an activating group) is 1. The van der Waals surface area contributed by atoms with Gasteiger partial charge in [-0.05, 0) is 52.2 Å². The molecular formula is C12H25N3. The summed E-state index contributed by atoms with van der Waals surface area (Å²) in [6, 6.07) is 1.50. The maximum absolute atomic E-state index is 3.64. The van der Waals surface area contributed by atoms with Gasteiger partial charge in [0, 0.05) is 25.2 Å². The van der Waals surface area contributed by atoms with E-state index in [4.69, 9.17) is 0 Å². The van der Waals surface area contributed by atoms with Gasteiger partial charge in [0.1, 0.15) is 0 Å². The van der Waals surface area contributed by atoms with E-state index in [1.54, 1.807) is 0 Å². The molecule has 15 heavy (non-hydrogen) atoms. The van der Waals surface area contributed by atoms with Crippen molar-refractivity contribution >= 4 is 0 Å². The Morgan fingerprint density at radius 1 is 1.33 bits per heavy atom. The third-order valence-electron chi connectivity index (χ3n) is 3.80. The smallest absolute Gasteiger partial charge is 0.0230 e. The van der Waals surface area contributed by atoms with Crippen LogP contribution in [0, 0.1) is 5.92 Å². The van der Waals surface area contributed by atoms with Crippen molar-refractivity contribution in [3.63, 3.8) is 0 Å². The fraction of sp³-hybridized carbons (Fsp3) is 1.00. The monoisotopic (exact) mass is 211 g/mol. The molecule has 0 amide bonds. The molecule has 2 fully saturated rings. The van der Waals surface area contributed by atoms with Gasteiger partial charge in [-0.3, -0.25) is 0 Å². The number of hydrogen-bond acceptors (Lipinski definition) is 3. The molecule has 2 N–H and O–H groups in total. The molecule has 0 aromatic carbocycles. The molecule has 3 heteroatoms. The first-order valence-corrected chi connectivity index (χ1v) is 6.39. The van der Waals surface area contributed by atoms with Crippen molar-refractivity contribution in [3.8, 4) is 0 Å². The predicted molar refractivity (Wildman–Crippen MR) is 64.1 cm³/mol. The first-order chi connectivity index (χ1) is 7.29. The minimum Gasteiger partial charge on any atom is -0.315 e. The van der Waals surface area contributed by atoms with Crippen molar-refractivity contribution in [2.45, 2.75) is 37.8 Å². The Morgan fingerprint density at radius 3 is 2.73 bits per heavy atom. The lowest BCUT2D eigenvalue weighted by molar-refractivity contribution is 0.174. The summed E-state index contributed by atoms with van der Waals surface area (Å²) in [5.41, 5.74) is 0. The van der Waals surface area contributed by atoms with Crippen molar-refractivity contribution in [3.05, 3.63) is 0 Å². The maximum atomic E-state index is 3.64. The van der Waals surface area contributed by atoms with E-state index in [0.29, 0.717) is 6.04 Å². The third kappa shape index (κ3) is 3.44. The van der Waals surface area contributed by atoms with E-state index in [1.807, 2.05) is 0 Å². The van der Waals surface area contributed by atoms with Gasteiger partial charge in [-0.1, -0.05) is 0 Å². The van der Waals surface area contributed by atoms with Gasteiger partial charge in [0.25, 0.3) is 0 Å². The van der Waals surface area contributed by atoms with Gasteiger partial charge < -0.3 is 15.5 Å². The Morgan fingerprint density at radius 2 is 2.13 bits per heavy atom. The summed E-state index contributed by atoms with van der Waals surface area (Å²) in [7, 11) is 4.35. The second kappa shape index (κ2) is 5.28. The number of hydrogen-bond donors (Lipinski definition) is 2. The molecule has 2 unspecified atom stereocenters. The lowest BCUT2D eigenvalue weighted by Crippen LogP contribution is -2.48. The van der Waals surface area contributed by atoms with E-state index < -0.39 is 0 Å². The largest absolute Gasteiger partial charge is 0.315 e. The summed E-state index contributed by atoms with van der Waals surface area (Å²) < 4.78 is 0. The van der Waals surface area contributed by atoms with Gasteiger partial charge in [0.2, 0.25) is 0 Å². The highest BCUT2D eigenvalue weighted by molar-refractivity contribution is 4.87. The highest BCUT2D eigenvalue weighted by Gasteiger charge is 2.27. The Kier molecular flexibility index (Phi) is 4.00. The molecule has 0 aromatic rings. The topological polar surface area (TPSA) is 27.3 Å². The minimum absolute atomic E-state index is 0.661. The molecule has 3 nitrogen and oxygen atoms in total. The number of nitrogens with zero attached hydrogens (tertiary/aromatic N) is 1. The molecule has 88 valence electrons. The van der Waals surface area contributed by atoms with Crippen LogP contribution in [0.1, 0.15) is 25.7 Å². The Labute approximate surface area is 93.6 Å². The Balaban J connectivity index is 1.75. The van der Waals surface area contributed by atoms with Crippen molar-refractivity contribution < 1.29 is 0 Å². The molecule has 1 heterocycles. The normalized spacial score (nSPS) is 30.4. The van der Waals surface area contributed by atoms with Crippen LogP contribution in [0.2, 0.25) is 0 Å². The lowest BCUT2D eigenvalue weighted by Gasteiger charge is -2.35. The van der Waals surface area contributed by atoms with Crippen LogP contribution >= 0.6 is 0 Å². The second-order valence-electron chi connectivity index (χ2n) is 5.24. The molecule has 1 saturated carbocycles. The first kappa shape index (κ1) is 11.4. The van der Waals surface area contributed by atoms with Gasteiger partial charge in [0.05, 0.1) is 0 Å². The van der Waals surface area contributed by atoms with E-state index in [2.05, 4.69) is 29.6 Å². The molecule has 1 saturated heterocycles. The highest BCUT2D eigenvalue weighted by atomic mass is 15.1. The average Bonchev–Trinajstić information content (AvgIpc) is 3.03. The van der Waals surface area contributed by atoms with E-state index in [1.165, 1.54) is 38.8 Å². The van der Waals surface area contributed by atoms with Crippen LogP contribution in [-0.4, -0.2) is 50.7 Å². The molecule has 0 aromatic heterocycles. The summed E-state index contributed by atoms with van der Waals surface area (Å²) in [6.07, 6.45) is 5.53. The van der Waals surface area contributed by atoms with E-state index >= 15 is 0 Å². The lowest BCUT2D eigenvalue weighted by atomic mass is 9.91. The van der Waals surface area contributed by atoms with Gasteiger partial charge in [0.15, 0.2) is 0 Å². The molecule has 0 radical (unpaired) electrons. The van der Waals surface area contributed by atoms with Crippen molar-refractivity contribution in [1.82, 2.24) is 15.5 Å². The van der Waals surface area contributed by atoms with Gasteiger partial charge in [-0.15, -0.1) is 0 Å². The fourth-order valence-corrected chi connectivity index (χ4v) is 2.62. The summed E-state index contributed by atoms with van der Waals surface area (Å²) in [5, 5.41) is 7.13. The van der Waals surface area contributed by atoms with Crippen LogP contribution in [0.4, 0.5) is 0 Å². The van der Waals surface area contributed by atoms with E-state index in [9.17, 15) is 0 Å². The number of piperidine rings is 1. The molecule has 1 aliphatic heterocycles. The summed E-state index contributed by atoms with van der Waals surface area (Å²) in [5.74, 6) is 0.833. The van der Waals surface area contributed by atoms with Crippen molar-refractivity contribution in [2.75, 3.05) is 33.7 Å². The molecule has 2 atom stereocenters. The van der Waals surface area contributed by atoms with Gasteiger partial charge >= 0.3 is 0 Å². The molecule has 2 rings (SSSR count). The molecule has 0 spiro atoms. The van der Waals surface area contributed by atoms with E-state index in [-0.39, 0.29) is 0 Å². The molecule has 1 aliphatic carbocycles. The average molecular weight is 211 g/mol. The van der Waals surface area contributed by atoms with Crippen molar-refractivity contribution in [1.29, 1.82) is 0 Å². The molecule has 0 bridgehead atoms. The first-order valence-electron chi connectivity index (χ1n) is 6.39. The zero-order valence-corrected chi connectivity index (χ0v) is 10.1. The van der Waals surface area contributed by atoms with Crippen LogP contribution in [-0.2, 0) is 0 Å². The SMILES string of the molecule is CNC(CNC1CC1)C1CCCN(C)C1. The summed E-state index contributed by atoms with van der Waals surface area (Å²) in [4.78, 5) is 2.47. The van der Waals surface area contributed by atoms with Crippen LogP contribution in [0.15, 0.2) is 0 Å².